The summed E-state index contributed by atoms with van der Waals surface area (Å²) in [6.45, 7) is 5.63. The third-order valence-electron chi connectivity index (χ3n) is 5.07. The van der Waals surface area contributed by atoms with Gasteiger partial charge in [-0.15, -0.1) is 0 Å². The summed E-state index contributed by atoms with van der Waals surface area (Å²) in [4.78, 5) is 26.5. The topological polar surface area (TPSA) is 93.9 Å². The van der Waals surface area contributed by atoms with Gasteiger partial charge in [0.15, 0.2) is 15.9 Å². The van der Waals surface area contributed by atoms with E-state index in [1.54, 1.807) is 6.92 Å². The van der Waals surface area contributed by atoms with Crippen LogP contribution in [0.25, 0.3) is 11.0 Å². The Balaban J connectivity index is 1.63. The number of ether oxygens (including phenoxy) is 1. The molecule has 7 nitrogen and oxygen atoms in total. The Kier molecular flexibility index (Phi) is 5.79. The quantitative estimate of drug-likeness (QED) is 0.682. The van der Waals surface area contributed by atoms with Crippen LogP contribution in [0.2, 0.25) is 0 Å². The normalized spacial score (nSPS) is 19.5. The molecule has 1 aliphatic rings. The van der Waals surface area contributed by atoms with Gasteiger partial charge in [0.25, 0.3) is 5.91 Å². The lowest BCUT2D eigenvalue weighted by Gasteiger charge is -2.29. The molecule has 2 aromatic rings. The highest BCUT2D eigenvalue weighted by Crippen LogP contribution is 2.23. The van der Waals surface area contributed by atoms with Gasteiger partial charge in [0.1, 0.15) is 5.58 Å². The molecule has 0 unspecified atom stereocenters. The molecule has 3 rings (SSSR count). The highest BCUT2D eigenvalue weighted by molar-refractivity contribution is 7.91. The number of carbonyl (C=O) groups is 2. The van der Waals surface area contributed by atoms with Crippen LogP contribution in [0.3, 0.4) is 0 Å². The van der Waals surface area contributed by atoms with Crippen molar-refractivity contribution in [1.29, 1.82) is 0 Å². The van der Waals surface area contributed by atoms with Crippen molar-refractivity contribution in [3.63, 3.8) is 0 Å². The van der Waals surface area contributed by atoms with Crippen molar-refractivity contribution in [3.05, 3.63) is 35.6 Å². The molecule has 2 heterocycles. The van der Waals surface area contributed by atoms with Crippen LogP contribution in [0.1, 0.15) is 31.4 Å². The number of nitrogens with zero attached hydrogens (tertiary/aromatic N) is 1. The Labute approximate surface area is 164 Å². The van der Waals surface area contributed by atoms with Crippen molar-refractivity contribution in [3.8, 4) is 0 Å². The van der Waals surface area contributed by atoms with Crippen molar-refractivity contribution in [2.24, 2.45) is 0 Å². The van der Waals surface area contributed by atoms with E-state index < -0.39 is 21.9 Å². The number of amides is 1. The molecule has 0 aliphatic carbocycles. The first kappa shape index (κ1) is 20.4. The van der Waals surface area contributed by atoms with Gasteiger partial charge in [0.2, 0.25) is 0 Å². The zero-order chi connectivity index (χ0) is 20.5. The molecule has 0 radical (unpaired) electrons. The summed E-state index contributed by atoms with van der Waals surface area (Å²) < 4.78 is 34.2. The van der Waals surface area contributed by atoms with Crippen LogP contribution in [0, 0.1) is 6.92 Å². The number of hydrogen-bond acceptors (Lipinski definition) is 6. The maximum atomic E-state index is 12.7. The SMILES string of the molecule is CCN(C(=O)[C@@H](C)OC(=O)Cc1coc2cc(C)ccc12)[C@@H]1CCS(=O)(=O)C1. The Morgan fingerprint density at radius 2 is 2.11 bits per heavy atom. The number of furan rings is 1. The number of fused-ring (bicyclic) bond motifs is 1. The molecule has 0 saturated carbocycles. The van der Waals surface area contributed by atoms with Gasteiger partial charge in [-0.3, -0.25) is 9.59 Å². The summed E-state index contributed by atoms with van der Waals surface area (Å²) in [5, 5.41) is 0.841. The first-order chi connectivity index (χ1) is 13.2. The van der Waals surface area contributed by atoms with Crippen LogP contribution in [-0.4, -0.2) is 55.4 Å². The number of likely N-dealkylation sites (N-methyl/N-ethyl adjacent to an activating group) is 1. The second-order valence-electron chi connectivity index (χ2n) is 7.25. The van der Waals surface area contributed by atoms with E-state index >= 15 is 0 Å². The van der Waals surface area contributed by atoms with Gasteiger partial charge >= 0.3 is 5.97 Å². The lowest BCUT2D eigenvalue weighted by Crippen LogP contribution is -2.46. The Hall–Kier alpha value is -2.35. The van der Waals surface area contributed by atoms with E-state index in [0.29, 0.717) is 24.1 Å². The number of benzene rings is 1. The molecule has 1 saturated heterocycles. The molecule has 28 heavy (non-hydrogen) atoms. The molecule has 0 spiro atoms. The zero-order valence-electron chi connectivity index (χ0n) is 16.3. The van der Waals surface area contributed by atoms with E-state index in [4.69, 9.17) is 9.15 Å². The fourth-order valence-electron chi connectivity index (χ4n) is 3.62. The van der Waals surface area contributed by atoms with Crippen molar-refractivity contribution >= 4 is 32.7 Å². The maximum absolute atomic E-state index is 12.7. The number of rotatable bonds is 6. The average molecular weight is 407 g/mol. The smallest absolute Gasteiger partial charge is 0.311 e. The predicted octanol–water partition coefficient (Wildman–Crippen LogP) is 2.25. The zero-order valence-corrected chi connectivity index (χ0v) is 17.1. The van der Waals surface area contributed by atoms with Crippen LogP contribution in [0.15, 0.2) is 28.9 Å². The lowest BCUT2D eigenvalue weighted by molar-refractivity contribution is -0.159. The highest BCUT2D eigenvalue weighted by Gasteiger charge is 2.36. The van der Waals surface area contributed by atoms with Crippen LogP contribution < -0.4 is 0 Å². The van der Waals surface area contributed by atoms with Crippen molar-refractivity contribution in [2.45, 2.75) is 45.8 Å². The van der Waals surface area contributed by atoms with Gasteiger partial charge in [0.05, 0.1) is 24.2 Å². The Morgan fingerprint density at radius 1 is 1.36 bits per heavy atom. The number of esters is 1. The number of aryl methyl sites for hydroxylation is 1. The minimum absolute atomic E-state index is 0.00237. The van der Waals surface area contributed by atoms with Gasteiger partial charge in [-0.1, -0.05) is 12.1 Å². The van der Waals surface area contributed by atoms with Crippen LogP contribution in [-0.2, 0) is 30.6 Å². The summed E-state index contributed by atoms with van der Waals surface area (Å²) in [6, 6.07) is 5.37. The maximum Gasteiger partial charge on any atom is 0.311 e. The van der Waals surface area contributed by atoms with Crippen molar-refractivity contribution in [1.82, 2.24) is 4.90 Å². The predicted molar refractivity (Wildman–Crippen MR) is 105 cm³/mol. The summed E-state index contributed by atoms with van der Waals surface area (Å²) in [5.74, 6) is -0.846. The number of hydrogen-bond donors (Lipinski definition) is 0. The lowest BCUT2D eigenvalue weighted by atomic mass is 10.1. The minimum atomic E-state index is -3.10. The highest BCUT2D eigenvalue weighted by atomic mass is 32.2. The fourth-order valence-corrected chi connectivity index (χ4v) is 5.35. The van der Waals surface area contributed by atoms with Crippen LogP contribution in [0.4, 0.5) is 0 Å². The van der Waals surface area contributed by atoms with Gasteiger partial charge in [-0.25, -0.2) is 8.42 Å². The monoisotopic (exact) mass is 407 g/mol. The standard InChI is InChI=1S/C20H25NO6S/c1-4-21(16-7-8-28(24,25)12-16)20(23)14(3)27-19(22)10-15-11-26-18-9-13(2)5-6-17(15)18/h5-6,9,11,14,16H,4,7-8,10,12H2,1-3H3/t14-,16-/m1/s1. The second-order valence-corrected chi connectivity index (χ2v) is 9.48. The average Bonchev–Trinajstić information content (AvgIpc) is 3.18. The van der Waals surface area contributed by atoms with Crippen molar-refractivity contribution in [2.75, 3.05) is 18.1 Å². The summed E-state index contributed by atoms with van der Waals surface area (Å²) in [6.07, 6.45) is 0.969. The van der Waals surface area contributed by atoms with E-state index in [0.717, 1.165) is 10.9 Å². The molecule has 1 fully saturated rings. The van der Waals surface area contributed by atoms with Crippen molar-refractivity contribution < 1.29 is 27.2 Å². The Bertz CT molecular complexity index is 993. The van der Waals surface area contributed by atoms with Crippen LogP contribution in [0.5, 0.6) is 0 Å². The van der Waals surface area contributed by atoms with E-state index in [1.807, 2.05) is 25.1 Å². The summed E-state index contributed by atoms with van der Waals surface area (Å²) >= 11 is 0. The second kappa shape index (κ2) is 7.95. The minimum Gasteiger partial charge on any atom is -0.464 e. The summed E-state index contributed by atoms with van der Waals surface area (Å²) in [5.41, 5.74) is 2.46. The first-order valence-electron chi connectivity index (χ1n) is 9.37. The van der Waals surface area contributed by atoms with Gasteiger partial charge in [-0.05, 0) is 38.8 Å². The molecule has 1 aliphatic heterocycles. The third-order valence-corrected chi connectivity index (χ3v) is 6.83. The number of sulfone groups is 1. The molecule has 152 valence electrons. The largest absolute Gasteiger partial charge is 0.464 e. The molecule has 1 aromatic heterocycles. The fraction of sp³-hybridized carbons (Fsp3) is 0.500. The van der Waals surface area contributed by atoms with E-state index in [-0.39, 0.29) is 29.9 Å². The molecular weight excluding hydrogens is 382 g/mol. The molecule has 0 N–H and O–H groups in total. The van der Waals surface area contributed by atoms with Gasteiger partial charge in [-0.2, -0.15) is 0 Å². The number of carbonyl (C=O) groups excluding carboxylic acids is 2. The van der Waals surface area contributed by atoms with E-state index in [9.17, 15) is 18.0 Å². The van der Waals surface area contributed by atoms with E-state index in [2.05, 4.69) is 0 Å². The van der Waals surface area contributed by atoms with Crippen LogP contribution >= 0.6 is 0 Å². The van der Waals surface area contributed by atoms with Gasteiger partial charge in [0, 0.05) is 23.5 Å². The first-order valence-corrected chi connectivity index (χ1v) is 11.2. The third kappa shape index (κ3) is 4.38. The van der Waals surface area contributed by atoms with E-state index in [1.165, 1.54) is 18.1 Å². The molecule has 8 heteroatoms. The molecule has 1 aromatic carbocycles. The summed E-state index contributed by atoms with van der Waals surface area (Å²) in [7, 11) is -3.10. The molecule has 0 bridgehead atoms. The Morgan fingerprint density at radius 3 is 2.75 bits per heavy atom. The molecule has 2 atom stereocenters. The molecular formula is C20H25NO6S. The molecule has 1 amide bonds. The van der Waals surface area contributed by atoms with Gasteiger partial charge < -0.3 is 14.1 Å².